The first-order chi connectivity index (χ1) is 11.9. The Bertz CT molecular complexity index is 974. The number of ether oxygens (including phenoxy) is 1. The van der Waals surface area contributed by atoms with Crippen LogP contribution in [0.5, 0.6) is 5.75 Å². The molecule has 0 unspecified atom stereocenters. The van der Waals surface area contributed by atoms with Crippen LogP contribution in [0, 0.1) is 6.92 Å². The topological polar surface area (TPSA) is 68.5 Å². The molecule has 0 fully saturated rings. The van der Waals surface area contributed by atoms with E-state index in [0.717, 1.165) is 10.9 Å². The van der Waals surface area contributed by atoms with Crippen LogP contribution in [0.1, 0.15) is 31.2 Å². The standard InChI is InChI=1S/C19H21NO4S/c1-4-23-17-7-5-6-15-12-18(24-19(15)17)14(3)20-25(21,22)16-10-8-13(2)9-11-16/h5-12,14,20H,4H2,1-3H3/t14-/m1/s1. The minimum absolute atomic E-state index is 0.232. The van der Waals surface area contributed by atoms with Crippen molar-refractivity contribution in [1.82, 2.24) is 4.72 Å². The van der Waals surface area contributed by atoms with Crippen LogP contribution in [0.15, 0.2) is 57.8 Å². The molecule has 132 valence electrons. The lowest BCUT2D eigenvalue weighted by Crippen LogP contribution is -2.26. The van der Waals surface area contributed by atoms with Gasteiger partial charge in [-0.05, 0) is 45.0 Å². The summed E-state index contributed by atoms with van der Waals surface area (Å²) in [5.41, 5.74) is 1.63. The fourth-order valence-electron chi connectivity index (χ4n) is 2.62. The highest BCUT2D eigenvalue weighted by Crippen LogP contribution is 2.31. The molecule has 0 aliphatic carbocycles. The molecule has 0 radical (unpaired) electrons. The van der Waals surface area contributed by atoms with Crippen molar-refractivity contribution < 1.29 is 17.6 Å². The number of nitrogens with one attached hydrogen (secondary N) is 1. The molecule has 0 spiro atoms. The van der Waals surface area contributed by atoms with Crippen molar-refractivity contribution in [3.8, 4) is 5.75 Å². The Morgan fingerprint density at radius 3 is 2.56 bits per heavy atom. The molecule has 1 atom stereocenters. The molecule has 1 heterocycles. The highest BCUT2D eigenvalue weighted by molar-refractivity contribution is 7.89. The fourth-order valence-corrected chi connectivity index (χ4v) is 3.83. The molecular formula is C19H21NO4S. The predicted octanol–water partition coefficient (Wildman–Crippen LogP) is 4.18. The molecule has 6 heteroatoms. The van der Waals surface area contributed by atoms with E-state index in [4.69, 9.17) is 9.15 Å². The van der Waals surface area contributed by atoms with Crippen molar-refractivity contribution in [2.75, 3.05) is 6.61 Å². The van der Waals surface area contributed by atoms with Gasteiger partial charge in [-0.1, -0.05) is 29.8 Å². The van der Waals surface area contributed by atoms with Crippen molar-refractivity contribution in [1.29, 1.82) is 0 Å². The second-order valence-corrected chi connectivity index (χ2v) is 7.63. The maximum Gasteiger partial charge on any atom is 0.241 e. The third-order valence-corrected chi connectivity index (χ3v) is 5.47. The molecule has 2 aromatic carbocycles. The van der Waals surface area contributed by atoms with Crippen molar-refractivity contribution in [2.45, 2.75) is 31.7 Å². The largest absolute Gasteiger partial charge is 0.490 e. The number of furan rings is 1. The molecule has 0 aliphatic rings. The second kappa shape index (κ2) is 6.90. The van der Waals surface area contributed by atoms with Crippen molar-refractivity contribution in [3.05, 3.63) is 59.9 Å². The molecule has 5 nitrogen and oxygen atoms in total. The van der Waals surface area contributed by atoms with Crippen LogP contribution >= 0.6 is 0 Å². The fraction of sp³-hybridized carbons (Fsp3) is 0.263. The van der Waals surface area contributed by atoms with Gasteiger partial charge in [0.15, 0.2) is 11.3 Å². The van der Waals surface area contributed by atoms with E-state index < -0.39 is 16.1 Å². The normalized spacial score (nSPS) is 13.1. The summed E-state index contributed by atoms with van der Waals surface area (Å²) in [5.74, 6) is 1.19. The molecule has 25 heavy (non-hydrogen) atoms. The Hall–Kier alpha value is -2.31. The Morgan fingerprint density at radius 2 is 1.88 bits per heavy atom. The summed E-state index contributed by atoms with van der Waals surface area (Å²) < 4.78 is 39.2. The molecule has 3 rings (SSSR count). The third kappa shape index (κ3) is 3.70. The monoisotopic (exact) mass is 359 g/mol. The maximum atomic E-state index is 12.5. The number of hydrogen-bond acceptors (Lipinski definition) is 4. The lowest BCUT2D eigenvalue weighted by Gasteiger charge is -2.12. The van der Waals surface area contributed by atoms with Crippen LogP contribution in [0.4, 0.5) is 0 Å². The molecule has 3 aromatic rings. The van der Waals surface area contributed by atoms with Gasteiger partial charge < -0.3 is 9.15 Å². The van der Waals surface area contributed by atoms with E-state index in [1.807, 2.05) is 38.1 Å². The summed E-state index contributed by atoms with van der Waals surface area (Å²) in [6.45, 7) is 6.10. The maximum absolute atomic E-state index is 12.5. The van der Waals surface area contributed by atoms with Crippen LogP contribution in [-0.2, 0) is 10.0 Å². The zero-order chi connectivity index (χ0) is 18.0. The first kappa shape index (κ1) is 17.5. The second-order valence-electron chi connectivity index (χ2n) is 5.91. The quantitative estimate of drug-likeness (QED) is 0.717. The number of aryl methyl sites for hydroxylation is 1. The molecule has 0 saturated carbocycles. The van der Waals surface area contributed by atoms with E-state index >= 15 is 0 Å². The first-order valence-electron chi connectivity index (χ1n) is 8.15. The zero-order valence-electron chi connectivity index (χ0n) is 14.4. The van der Waals surface area contributed by atoms with Gasteiger partial charge in [0.25, 0.3) is 0 Å². The zero-order valence-corrected chi connectivity index (χ0v) is 15.3. The van der Waals surface area contributed by atoms with Gasteiger partial charge >= 0.3 is 0 Å². The van der Waals surface area contributed by atoms with Crippen molar-refractivity contribution in [2.24, 2.45) is 0 Å². The molecule has 0 amide bonds. The third-order valence-electron chi connectivity index (χ3n) is 3.92. The van der Waals surface area contributed by atoms with E-state index in [1.54, 1.807) is 31.2 Å². The van der Waals surface area contributed by atoms with E-state index in [-0.39, 0.29) is 4.90 Å². The SMILES string of the molecule is CCOc1cccc2cc([C@@H](C)NS(=O)(=O)c3ccc(C)cc3)oc12. The molecule has 0 aliphatic heterocycles. The van der Waals surface area contributed by atoms with Crippen LogP contribution in [0.2, 0.25) is 0 Å². The molecule has 0 saturated heterocycles. The average molecular weight is 359 g/mol. The molecular weight excluding hydrogens is 338 g/mol. The first-order valence-corrected chi connectivity index (χ1v) is 9.63. The highest BCUT2D eigenvalue weighted by atomic mass is 32.2. The van der Waals surface area contributed by atoms with Gasteiger partial charge in [0.1, 0.15) is 5.76 Å². The van der Waals surface area contributed by atoms with E-state index in [0.29, 0.717) is 23.7 Å². The van der Waals surface area contributed by atoms with Gasteiger partial charge in [-0.15, -0.1) is 0 Å². The van der Waals surface area contributed by atoms with Gasteiger partial charge in [0.05, 0.1) is 17.5 Å². The summed E-state index contributed by atoms with van der Waals surface area (Å²) >= 11 is 0. The number of rotatable bonds is 6. The summed E-state index contributed by atoms with van der Waals surface area (Å²) in [7, 11) is -3.62. The Kier molecular flexibility index (Phi) is 4.83. The number of hydrogen-bond donors (Lipinski definition) is 1. The van der Waals surface area contributed by atoms with Crippen LogP contribution < -0.4 is 9.46 Å². The Labute approximate surface area is 147 Å². The smallest absolute Gasteiger partial charge is 0.241 e. The van der Waals surface area contributed by atoms with Crippen LogP contribution in [-0.4, -0.2) is 15.0 Å². The lowest BCUT2D eigenvalue weighted by molar-refractivity contribution is 0.336. The summed E-state index contributed by atoms with van der Waals surface area (Å²) in [4.78, 5) is 0.232. The van der Waals surface area contributed by atoms with E-state index in [9.17, 15) is 8.42 Å². The van der Waals surface area contributed by atoms with E-state index in [1.165, 1.54) is 0 Å². The number of fused-ring (bicyclic) bond motifs is 1. The molecule has 1 N–H and O–H groups in total. The van der Waals surface area contributed by atoms with Crippen molar-refractivity contribution >= 4 is 21.0 Å². The van der Waals surface area contributed by atoms with Crippen LogP contribution in [0.25, 0.3) is 11.0 Å². The van der Waals surface area contributed by atoms with Gasteiger partial charge in [-0.25, -0.2) is 13.1 Å². The summed E-state index contributed by atoms with van der Waals surface area (Å²) in [6, 6.07) is 13.7. The lowest BCUT2D eigenvalue weighted by atomic mass is 10.2. The van der Waals surface area contributed by atoms with Crippen LogP contribution in [0.3, 0.4) is 0 Å². The Morgan fingerprint density at radius 1 is 1.16 bits per heavy atom. The minimum atomic E-state index is -3.62. The minimum Gasteiger partial charge on any atom is -0.490 e. The average Bonchev–Trinajstić information content (AvgIpc) is 3.00. The summed E-state index contributed by atoms with van der Waals surface area (Å²) in [6.07, 6.45) is 0. The van der Waals surface area contributed by atoms with Crippen molar-refractivity contribution in [3.63, 3.8) is 0 Å². The van der Waals surface area contributed by atoms with Gasteiger partial charge in [-0.3, -0.25) is 0 Å². The highest BCUT2D eigenvalue weighted by Gasteiger charge is 2.21. The van der Waals surface area contributed by atoms with Gasteiger partial charge in [-0.2, -0.15) is 0 Å². The number of benzene rings is 2. The molecule has 1 aromatic heterocycles. The van der Waals surface area contributed by atoms with E-state index in [2.05, 4.69) is 4.72 Å². The van der Waals surface area contributed by atoms with Gasteiger partial charge in [0.2, 0.25) is 10.0 Å². The Balaban J connectivity index is 1.88. The predicted molar refractivity (Wildman–Crippen MR) is 97.3 cm³/mol. The number of sulfonamides is 1. The summed E-state index contributed by atoms with van der Waals surface area (Å²) in [5, 5.41) is 0.877. The number of para-hydroxylation sites is 1. The van der Waals surface area contributed by atoms with Gasteiger partial charge in [0, 0.05) is 5.39 Å². The molecule has 0 bridgehead atoms.